The molecule has 1 saturated heterocycles. The highest BCUT2D eigenvalue weighted by molar-refractivity contribution is 7.99. The van der Waals surface area contributed by atoms with E-state index in [1.807, 2.05) is 60.4 Å². The van der Waals surface area contributed by atoms with E-state index in [1.165, 1.54) is 11.8 Å². The van der Waals surface area contributed by atoms with E-state index in [4.69, 9.17) is 0 Å². The minimum atomic E-state index is -0.458. The van der Waals surface area contributed by atoms with Crippen molar-refractivity contribution in [3.05, 3.63) is 55.1 Å². The van der Waals surface area contributed by atoms with Gasteiger partial charge in [-0.3, -0.25) is 9.59 Å². The monoisotopic (exact) mass is 410 g/mol. The van der Waals surface area contributed by atoms with Crippen LogP contribution in [-0.4, -0.2) is 54.4 Å². The Morgan fingerprint density at radius 2 is 2.00 bits per heavy atom. The van der Waals surface area contributed by atoms with E-state index in [9.17, 15) is 9.59 Å². The van der Waals surface area contributed by atoms with Crippen LogP contribution in [0.2, 0.25) is 0 Å². The van der Waals surface area contributed by atoms with Crippen molar-refractivity contribution in [2.24, 2.45) is 7.05 Å². The molecule has 0 aliphatic carbocycles. The molecule has 0 saturated carbocycles. The molecule has 2 amide bonds. The molecule has 1 aromatic carbocycles. The van der Waals surface area contributed by atoms with Crippen LogP contribution in [0.5, 0.6) is 0 Å². The Bertz CT molecular complexity index is 1000. The zero-order valence-electron chi connectivity index (χ0n) is 16.1. The third-order valence-corrected chi connectivity index (χ3v) is 5.93. The molecule has 2 aromatic heterocycles. The fraction of sp³-hybridized carbons (Fsp3) is 0.300. The van der Waals surface area contributed by atoms with Crippen LogP contribution in [0, 0.1) is 0 Å². The number of nitrogens with zero attached hydrogens (tertiary/aromatic N) is 5. The quantitative estimate of drug-likeness (QED) is 0.631. The van der Waals surface area contributed by atoms with Crippen molar-refractivity contribution in [2.75, 3.05) is 17.6 Å². The Hall–Kier alpha value is -3.07. The molecule has 0 spiro atoms. The second-order valence-electron chi connectivity index (χ2n) is 6.85. The second kappa shape index (κ2) is 8.52. The van der Waals surface area contributed by atoms with Crippen molar-refractivity contribution in [3.63, 3.8) is 0 Å². The molecule has 0 unspecified atom stereocenters. The van der Waals surface area contributed by atoms with Crippen LogP contribution in [0.3, 0.4) is 0 Å². The maximum absolute atomic E-state index is 13.0. The normalized spacial score (nSPS) is 16.2. The number of nitrogens with one attached hydrogen (secondary N) is 1. The van der Waals surface area contributed by atoms with Gasteiger partial charge in [-0.25, -0.2) is 0 Å². The molecule has 0 radical (unpaired) electrons. The van der Waals surface area contributed by atoms with E-state index in [1.54, 1.807) is 15.8 Å². The molecule has 9 heteroatoms. The lowest BCUT2D eigenvalue weighted by Gasteiger charge is -2.24. The zero-order chi connectivity index (χ0) is 20.2. The van der Waals surface area contributed by atoms with E-state index in [2.05, 4.69) is 15.5 Å². The summed E-state index contributed by atoms with van der Waals surface area (Å²) >= 11 is 1.33. The highest BCUT2D eigenvalue weighted by Gasteiger charge is 2.34. The number of para-hydroxylation sites is 2. The predicted molar refractivity (Wildman–Crippen MR) is 111 cm³/mol. The van der Waals surface area contributed by atoms with Gasteiger partial charge in [0.15, 0.2) is 5.16 Å². The molecule has 4 rings (SSSR count). The van der Waals surface area contributed by atoms with Crippen LogP contribution >= 0.6 is 11.8 Å². The number of anilines is 1. The summed E-state index contributed by atoms with van der Waals surface area (Å²) in [5, 5.41) is 11.5. The number of likely N-dealkylation sites (tertiary alicyclic amines) is 1. The number of carbonyl (C=O) groups is 2. The van der Waals surface area contributed by atoms with Gasteiger partial charge >= 0.3 is 0 Å². The molecule has 1 fully saturated rings. The molecular formula is C20H22N6O2S. The summed E-state index contributed by atoms with van der Waals surface area (Å²) in [5.74, 6) is 0.0180. The highest BCUT2D eigenvalue weighted by Crippen LogP contribution is 2.24. The standard InChI is InChI=1S/C20H22N6O2S/c1-24-14-21-23-20(24)29-13-18(27)26-12-6-9-17(26)19(28)22-15-7-2-3-8-16(15)25-10-4-5-11-25/h2-5,7-8,10-11,14,17H,6,9,12-13H2,1H3,(H,22,28)/t17-/m0/s1. The van der Waals surface area contributed by atoms with Gasteiger partial charge in [-0.05, 0) is 37.1 Å². The van der Waals surface area contributed by atoms with Gasteiger partial charge in [-0.1, -0.05) is 23.9 Å². The SMILES string of the molecule is Cn1cnnc1SCC(=O)N1CCC[C@H]1C(=O)Nc1ccccc1-n1cccc1. The van der Waals surface area contributed by atoms with Crippen molar-refractivity contribution in [3.8, 4) is 5.69 Å². The van der Waals surface area contributed by atoms with Crippen molar-refractivity contribution in [1.29, 1.82) is 0 Å². The first kappa shape index (κ1) is 19.3. The first-order valence-corrected chi connectivity index (χ1v) is 10.4. The van der Waals surface area contributed by atoms with Crippen molar-refractivity contribution >= 4 is 29.3 Å². The van der Waals surface area contributed by atoms with Crippen LogP contribution in [0.1, 0.15) is 12.8 Å². The summed E-state index contributed by atoms with van der Waals surface area (Å²) in [6, 6.07) is 11.1. The maximum Gasteiger partial charge on any atom is 0.247 e. The van der Waals surface area contributed by atoms with Crippen molar-refractivity contribution < 1.29 is 9.59 Å². The number of rotatable bonds is 6. The molecule has 1 N–H and O–H groups in total. The average Bonchev–Trinajstić information content (AvgIpc) is 3.48. The number of hydrogen-bond donors (Lipinski definition) is 1. The van der Waals surface area contributed by atoms with Gasteiger partial charge in [0.05, 0.1) is 17.1 Å². The molecule has 1 aliphatic rings. The number of benzene rings is 1. The average molecular weight is 411 g/mol. The van der Waals surface area contributed by atoms with Gasteiger partial charge in [-0.15, -0.1) is 10.2 Å². The minimum Gasteiger partial charge on any atom is -0.330 e. The second-order valence-corrected chi connectivity index (χ2v) is 7.80. The van der Waals surface area contributed by atoms with E-state index >= 15 is 0 Å². The van der Waals surface area contributed by atoms with Crippen molar-refractivity contribution in [2.45, 2.75) is 24.0 Å². The van der Waals surface area contributed by atoms with Crippen LogP contribution in [0.25, 0.3) is 5.69 Å². The third kappa shape index (κ3) is 4.19. The van der Waals surface area contributed by atoms with Gasteiger partial charge in [0.2, 0.25) is 11.8 Å². The largest absolute Gasteiger partial charge is 0.330 e. The molecule has 0 bridgehead atoms. The van der Waals surface area contributed by atoms with Crippen molar-refractivity contribution in [1.82, 2.24) is 24.2 Å². The van der Waals surface area contributed by atoms with Crippen LogP contribution in [0.15, 0.2) is 60.3 Å². The van der Waals surface area contributed by atoms with Gasteiger partial charge in [0.25, 0.3) is 0 Å². The van der Waals surface area contributed by atoms with Gasteiger partial charge < -0.3 is 19.4 Å². The fourth-order valence-electron chi connectivity index (χ4n) is 3.47. The van der Waals surface area contributed by atoms with Crippen LogP contribution < -0.4 is 5.32 Å². The maximum atomic E-state index is 13.0. The Morgan fingerprint density at radius 1 is 1.21 bits per heavy atom. The molecule has 29 heavy (non-hydrogen) atoms. The third-order valence-electron chi connectivity index (χ3n) is 4.91. The summed E-state index contributed by atoms with van der Waals surface area (Å²) in [4.78, 5) is 27.4. The van der Waals surface area contributed by atoms with E-state index in [-0.39, 0.29) is 17.6 Å². The minimum absolute atomic E-state index is 0.0608. The van der Waals surface area contributed by atoms with E-state index in [0.717, 1.165) is 17.8 Å². The number of thioether (sulfide) groups is 1. The molecule has 1 atom stereocenters. The highest BCUT2D eigenvalue weighted by atomic mass is 32.2. The smallest absolute Gasteiger partial charge is 0.247 e. The first-order chi connectivity index (χ1) is 14.1. The van der Waals surface area contributed by atoms with Crippen LogP contribution in [-0.2, 0) is 16.6 Å². The lowest BCUT2D eigenvalue weighted by atomic mass is 10.2. The van der Waals surface area contributed by atoms with Gasteiger partial charge in [-0.2, -0.15) is 0 Å². The van der Waals surface area contributed by atoms with E-state index in [0.29, 0.717) is 18.1 Å². The summed E-state index contributed by atoms with van der Waals surface area (Å²) in [7, 11) is 1.83. The van der Waals surface area contributed by atoms with Crippen LogP contribution in [0.4, 0.5) is 5.69 Å². The Kier molecular flexibility index (Phi) is 5.66. The fourth-order valence-corrected chi connectivity index (χ4v) is 4.24. The summed E-state index contributed by atoms with van der Waals surface area (Å²) < 4.78 is 3.72. The number of amides is 2. The molecule has 1 aliphatic heterocycles. The zero-order valence-corrected chi connectivity index (χ0v) is 16.9. The summed E-state index contributed by atoms with van der Waals surface area (Å²) in [5.41, 5.74) is 1.61. The predicted octanol–water partition coefficient (Wildman–Crippen LogP) is 2.33. The van der Waals surface area contributed by atoms with Gasteiger partial charge in [0, 0.05) is 26.0 Å². The Morgan fingerprint density at radius 3 is 2.76 bits per heavy atom. The molecular weight excluding hydrogens is 388 g/mol. The number of carbonyl (C=O) groups excluding carboxylic acids is 2. The number of aromatic nitrogens is 4. The lowest BCUT2D eigenvalue weighted by molar-refractivity contribution is -0.134. The molecule has 3 heterocycles. The van der Waals surface area contributed by atoms with E-state index < -0.39 is 6.04 Å². The first-order valence-electron chi connectivity index (χ1n) is 9.43. The number of aryl methyl sites for hydroxylation is 1. The topological polar surface area (TPSA) is 85.1 Å². The lowest BCUT2D eigenvalue weighted by Crippen LogP contribution is -2.44. The van der Waals surface area contributed by atoms with Gasteiger partial charge in [0.1, 0.15) is 12.4 Å². The molecule has 8 nitrogen and oxygen atoms in total. The Labute approximate surface area is 172 Å². The summed E-state index contributed by atoms with van der Waals surface area (Å²) in [6.45, 7) is 0.593. The molecule has 3 aromatic rings. The number of hydrogen-bond acceptors (Lipinski definition) is 5. The Balaban J connectivity index is 1.43. The molecule has 150 valence electrons. The summed E-state index contributed by atoms with van der Waals surface area (Å²) in [6.07, 6.45) is 6.94.